The first-order valence-corrected chi connectivity index (χ1v) is 3.02. The molecule has 2 nitrogen and oxygen atoms in total. The van der Waals surface area contributed by atoms with Crippen LogP contribution in [-0.4, -0.2) is 19.2 Å². The minimum Gasteiger partial charge on any atom is -0.333 e. The zero-order valence-electron chi connectivity index (χ0n) is 5.06. The zero-order chi connectivity index (χ0) is 6.83. The molecule has 0 fully saturated rings. The van der Waals surface area contributed by atoms with Crippen molar-refractivity contribution < 1.29 is 4.79 Å². The predicted octanol–water partition coefficient (Wildman–Crippen LogP) is 0.779. The van der Waals surface area contributed by atoms with Gasteiger partial charge in [0.2, 0.25) is 0 Å². The summed E-state index contributed by atoms with van der Waals surface area (Å²) in [6.45, 7) is 0. The molecule has 50 valence electrons. The normalized spacial score (nSPS) is 6.88. The van der Waals surface area contributed by atoms with Crippen molar-refractivity contribution >= 4 is 17.9 Å². The van der Waals surface area contributed by atoms with Crippen LogP contribution < -0.4 is 5.73 Å². The number of alkyl halides is 1. The number of halogens is 1. The highest BCUT2D eigenvalue weighted by molar-refractivity contribution is 6.17. The topological polar surface area (TPSA) is 43.1 Å². The fourth-order valence-corrected chi connectivity index (χ4v) is 0.315. The van der Waals surface area contributed by atoms with Crippen LogP contribution in [0.15, 0.2) is 0 Å². The number of carbonyl (C=O) groups is 1. The van der Waals surface area contributed by atoms with Gasteiger partial charge < -0.3 is 10.5 Å². The first kappa shape index (κ1) is 10.8. The maximum atomic E-state index is 9.51. The molecule has 0 bridgehead atoms. The quantitative estimate of drug-likeness (QED) is 0.355. The van der Waals surface area contributed by atoms with Crippen LogP contribution in [0.4, 0.5) is 0 Å². The molecule has 0 aliphatic heterocycles. The van der Waals surface area contributed by atoms with Crippen molar-refractivity contribution in [2.24, 2.45) is 5.73 Å². The molecule has 0 aromatic rings. The molecule has 0 rings (SSSR count). The molecular formula is C5H12ClNO. The summed E-state index contributed by atoms with van der Waals surface area (Å²) in [7, 11) is 1.50. The number of carbonyl (C=O) groups excluding carboxylic acids is 1. The molecule has 2 N–H and O–H groups in total. The summed E-state index contributed by atoms with van der Waals surface area (Å²) < 4.78 is 0. The van der Waals surface area contributed by atoms with Crippen LogP contribution in [0.5, 0.6) is 0 Å². The Kier molecular flexibility index (Phi) is 21.3. The van der Waals surface area contributed by atoms with Gasteiger partial charge in [-0.2, -0.15) is 0 Å². The Morgan fingerprint density at radius 2 is 2.12 bits per heavy atom. The number of rotatable bonds is 3. The van der Waals surface area contributed by atoms with Gasteiger partial charge in [-0.05, 0) is 13.5 Å². The smallest absolute Gasteiger partial charge is 0.120 e. The van der Waals surface area contributed by atoms with Crippen LogP contribution >= 0.6 is 11.6 Å². The molecule has 3 heteroatoms. The first-order chi connectivity index (χ1) is 3.91. The van der Waals surface area contributed by atoms with E-state index in [1.807, 2.05) is 0 Å². The van der Waals surface area contributed by atoms with E-state index in [1.165, 1.54) is 7.05 Å². The van der Waals surface area contributed by atoms with Crippen molar-refractivity contribution in [1.82, 2.24) is 0 Å². The molecule has 0 unspecified atom stereocenters. The summed E-state index contributed by atoms with van der Waals surface area (Å²) in [5, 5.41) is 0. The lowest BCUT2D eigenvalue weighted by atomic mass is 10.4. The van der Waals surface area contributed by atoms with E-state index in [2.05, 4.69) is 5.73 Å². The monoisotopic (exact) mass is 137 g/mol. The summed E-state index contributed by atoms with van der Waals surface area (Å²) in [4.78, 5) is 9.51. The Morgan fingerprint density at radius 1 is 1.62 bits per heavy atom. The molecule has 0 radical (unpaired) electrons. The minimum atomic E-state index is 0.596. The molecule has 0 heterocycles. The average Bonchev–Trinajstić information content (AvgIpc) is 1.88. The van der Waals surface area contributed by atoms with Crippen LogP contribution in [0.25, 0.3) is 0 Å². The van der Waals surface area contributed by atoms with Crippen LogP contribution in [0.3, 0.4) is 0 Å². The van der Waals surface area contributed by atoms with E-state index in [4.69, 9.17) is 11.6 Å². The van der Waals surface area contributed by atoms with Gasteiger partial charge in [-0.15, -0.1) is 11.6 Å². The van der Waals surface area contributed by atoms with Gasteiger partial charge in [0.1, 0.15) is 6.29 Å². The summed E-state index contributed by atoms with van der Waals surface area (Å²) in [5.41, 5.74) is 4.50. The van der Waals surface area contributed by atoms with E-state index in [1.54, 1.807) is 0 Å². The summed E-state index contributed by atoms with van der Waals surface area (Å²) in [6, 6.07) is 0. The van der Waals surface area contributed by atoms with Crippen molar-refractivity contribution in [3.8, 4) is 0 Å². The number of aldehydes is 1. The van der Waals surface area contributed by atoms with Gasteiger partial charge in [-0.1, -0.05) is 0 Å². The molecule has 0 aliphatic rings. The maximum Gasteiger partial charge on any atom is 0.120 e. The van der Waals surface area contributed by atoms with Crippen molar-refractivity contribution in [3.05, 3.63) is 0 Å². The second kappa shape index (κ2) is 15.8. The van der Waals surface area contributed by atoms with Crippen molar-refractivity contribution in [2.45, 2.75) is 12.8 Å². The molecule has 0 amide bonds. The lowest BCUT2D eigenvalue weighted by molar-refractivity contribution is -0.107. The SMILES string of the molecule is CN.O=CCCCCl. The maximum absolute atomic E-state index is 9.51. The van der Waals surface area contributed by atoms with E-state index in [9.17, 15) is 4.79 Å². The van der Waals surface area contributed by atoms with Crippen LogP contribution in [0, 0.1) is 0 Å². The van der Waals surface area contributed by atoms with E-state index in [-0.39, 0.29) is 0 Å². The average molecular weight is 138 g/mol. The Bertz CT molecular complexity index is 41.4. The Balaban J connectivity index is 0. The molecule has 0 saturated carbocycles. The zero-order valence-corrected chi connectivity index (χ0v) is 5.82. The second-order valence-corrected chi connectivity index (χ2v) is 1.38. The fourth-order valence-electron chi connectivity index (χ4n) is 0.160. The Morgan fingerprint density at radius 3 is 2.25 bits per heavy atom. The standard InChI is InChI=1S/C4H7ClO.CH5N/c5-3-1-2-4-6;1-2/h4H,1-3H2;2H2,1H3. The number of hydrogen-bond donors (Lipinski definition) is 1. The third kappa shape index (κ3) is 16.8. The summed E-state index contributed by atoms with van der Waals surface area (Å²) in [6.07, 6.45) is 2.29. The Hall–Kier alpha value is -0.0800. The van der Waals surface area contributed by atoms with E-state index >= 15 is 0 Å². The number of hydrogen-bond acceptors (Lipinski definition) is 2. The van der Waals surface area contributed by atoms with Crippen LogP contribution in [0.2, 0.25) is 0 Å². The molecule has 0 saturated heterocycles. The van der Waals surface area contributed by atoms with E-state index in [0.29, 0.717) is 12.3 Å². The van der Waals surface area contributed by atoms with E-state index < -0.39 is 0 Å². The summed E-state index contributed by atoms with van der Waals surface area (Å²) >= 11 is 5.22. The van der Waals surface area contributed by atoms with Gasteiger partial charge in [0, 0.05) is 12.3 Å². The predicted molar refractivity (Wildman–Crippen MR) is 36.1 cm³/mol. The van der Waals surface area contributed by atoms with Crippen LogP contribution in [0.1, 0.15) is 12.8 Å². The largest absolute Gasteiger partial charge is 0.333 e. The first-order valence-electron chi connectivity index (χ1n) is 2.49. The highest BCUT2D eigenvalue weighted by Gasteiger charge is 1.76. The highest BCUT2D eigenvalue weighted by atomic mass is 35.5. The fraction of sp³-hybridized carbons (Fsp3) is 0.800. The number of nitrogens with two attached hydrogens (primary N) is 1. The minimum absolute atomic E-state index is 0.596. The van der Waals surface area contributed by atoms with Gasteiger partial charge in [-0.25, -0.2) is 0 Å². The van der Waals surface area contributed by atoms with Crippen molar-refractivity contribution in [1.29, 1.82) is 0 Å². The molecule has 0 aromatic carbocycles. The molecule has 8 heavy (non-hydrogen) atoms. The number of unbranched alkanes of at least 4 members (excludes halogenated alkanes) is 1. The Labute approximate surface area is 55.0 Å². The van der Waals surface area contributed by atoms with Crippen molar-refractivity contribution in [2.75, 3.05) is 12.9 Å². The van der Waals surface area contributed by atoms with Gasteiger partial charge >= 0.3 is 0 Å². The summed E-state index contributed by atoms with van der Waals surface area (Å²) in [5.74, 6) is 0.596. The van der Waals surface area contributed by atoms with Gasteiger partial charge in [0.25, 0.3) is 0 Å². The molecule has 0 spiro atoms. The van der Waals surface area contributed by atoms with Gasteiger partial charge in [0.15, 0.2) is 0 Å². The van der Waals surface area contributed by atoms with Gasteiger partial charge in [-0.3, -0.25) is 0 Å². The third-order valence-electron chi connectivity index (χ3n) is 0.456. The lowest BCUT2D eigenvalue weighted by Crippen LogP contribution is -1.74. The second-order valence-electron chi connectivity index (χ2n) is 0.998. The third-order valence-corrected chi connectivity index (χ3v) is 0.723. The molecule has 0 aliphatic carbocycles. The molecule has 0 atom stereocenters. The lowest BCUT2D eigenvalue weighted by Gasteiger charge is -1.77. The van der Waals surface area contributed by atoms with Gasteiger partial charge in [0.05, 0.1) is 0 Å². The highest BCUT2D eigenvalue weighted by Crippen LogP contribution is 1.85. The van der Waals surface area contributed by atoms with Crippen LogP contribution in [-0.2, 0) is 4.79 Å². The molecular weight excluding hydrogens is 126 g/mol. The van der Waals surface area contributed by atoms with E-state index in [0.717, 1.165) is 12.7 Å². The molecule has 0 aromatic heterocycles. The van der Waals surface area contributed by atoms with Crippen molar-refractivity contribution in [3.63, 3.8) is 0 Å².